The minimum absolute atomic E-state index is 0.106. The van der Waals surface area contributed by atoms with E-state index in [-0.39, 0.29) is 17.7 Å². The summed E-state index contributed by atoms with van der Waals surface area (Å²) >= 11 is 6.33. The molecular weight excluding hydrogens is 394 g/mol. The lowest BCUT2D eigenvalue weighted by atomic mass is 9.48. The minimum Gasteiger partial charge on any atom is -0.274 e. The normalized spacial score (nSPS) is 28.4. The fourth-order valence-corrected chi connectivity index (χ4v) is 6.40. The van der Waals surface area contributed by atoms with E-state index in [0.717, 1.165) is 5.56 Å². The molecule has 1 saturated heterocycles. The van der Waals surface area contributed by atoms with Crippen LogP contribution in [0.25, 0.3) is 0 Å². The molecule has 0 unspecified atom stereocenters. The molecule has 4 heteroatoms. The maximum Gasteiger partial charge on any atom is 0.238 e. The summed E-state index contributed by atoms with van der Waals surface area (Å²) in [7, 11) is 0. The Morgan fingerprint density at radius 1 is 0.833 bits per heavy atom. The molecule has 4 aliphatic rings. The van der Waals surface area contributed by atoms with Crippen molar-refractivity contribution in [3.8, 4) is 0 Å². The summed E-state index contributed by atoms with van der Waals surface area (Å²) in [6.45, 7) is 4.00. The lowest BCUT2D eigenvalue weighted by Gasteiger charge is -2.52. The molecule has 2 bridgehead atoms. The monoisotopic (exact) mass is 413 g/mol. The molecule has 2 atom stereocenters. The lowest BCUT2D eigenvalue weighted by Crippen LogP contribution is -2.51. The van der Waals surface area contributed by atoms with Crippen LogP contribution in [-0.4, -0.2) is 11.8 Å². The lowest BCUT2D eigenvalue weighted by molar-refractivity contribution is -0.123. The Hall–Kier alpha value is -2.91. The molecule has 2 amide bonds. The average molecular weight is 414 g/mol. The highest BCUT2D eigenvalue weighted by atomic mass is 35.5. The van der Waals surface area contributed by atoms with Gasteiger partial charge < -0.3 is 0 Å². The zero-order valence-corrected chi connectivity index (χ0v) is 17.5. The molecule has 1 heterocycles. The van der Waals surface area contributed by atoms with E-state index < -0.39 is 17.3 Å². The molecule has 7 rings (SSSR count). The molecule has 1 aliphatic heterocycles. The van der Waals surface area contributed by atoms with Crippen LogP contribution in [0.4, 0.5) is 5.69 Å². The zero-order valence-electron chi connectivity index (χ0n) is 16.7. The van der Waals surface area contributed by atoms with Gasteiger partial charge in [0.05, 0.1) is 17.5 Å². The number of hydrogen-bond acceptors (Lipinski definition) is 2. The van der Waals surface area contributed by atoms with Gasteiger partial charge in [0, 0.05) is 16.4 Å². The molecule has 30 heavy (non-hydrogen) atoms. The SMILES string of the molecule is Cc1c(Cl)cccc1N1C(=O)[C@@H]2C3c4ccccc4C(C)(c4ccccc43)[C@H]2C1=O. The first-order valence-corrected chi connectivity index (χ1v) is 10.7. The molecule has 3 aliphatic carbocycles. The summed E-state index contributed by atoms with van der Waals surface area (Å²) in [6, 6.07) is 22.0. The molecule has 0 aromatic heterocycles. The number of amides is 2. The second kappa shape index (κ2) is 5.83. The number of carbonyl (C=O) groups excluding carboxylic acids is 2. The maximum atomic E-state index is 13.9. The summed E-state index contributed by atoms with van der Waals surface area (Å²) in [6.07, 6.45) is 0. The Balaban J connectivity index is 1.63. The van der Waals surface area contributed by atoms with E-state index in [4.69, 9.17) is 11.6 Å². The van der Waals surface area contributed by atoms with Crippen molar-refractivity contribution in [1.82, 2.24) is 0 Å². The van der Waals surface area contributed by atoms with E-state index in [2.05, 4.69) is 31.2 Å². The topological polar surface area (TPSA) is 37.4 Å². The van der Waals surface area contributed by atoms with Gasteiger partial charge in [-0.25, -0.2) is 4.90 Å². The van der Waals surface area contributed by atoms with Crippen molar-refractivity contribution in [3.05, 3.63) is 99.6 Å². The molecule has 3 nitrogen and oxygen atoms in total. The van der Waals surface area contributed by atoms with E-state index >= 15 is 0 Å². The van der Waals surface area contributed by atoms with Gasteiger partial charge in [0.15, 0.2) is 0 Å². The summed E-state index contributed by atoms with van der Waals surface area (Å²) in [5.74, 6) is -1.16. The van der Waals surface area contributed by atoms with Crippen molar-refractivity contribution >= 4 is 29.1 Å². The molecule has 1 fully saturated rings. The quantitative estimate of drug-likeness (QED) is 0.513. The van der Waals surface area contributed by atoms with Crippen molar-refractivity contribution in [1.29, 1.82) is 0 Å². The molecule has 148 valence electrons. The Morgan fingerprint density at radius 2 is 1.43 bits per heavy atom. The van der Waals surface area contributed by atoms with Gasteiger partial charge in [0.2, 0.25) is 11.8 Å². The molecule has 0 spiro atoms. The second-order valence-corrected chi connectivity index (χ2v) is 9.16. The average Bonchev–Trinajstić information content (AvgIpc) is 3.02. The highest BCUT2D eigenvalue weighted by Gasteiger charge is 2.66. The van der Waals surface area contributed by atoms with Gasteiger partial charge in [-0.05, 0) is 46.9 Å². The first-order chi connectivity index (χ1) is 14.5. The highest BCUT2D eigenvalue weighted by Crippen LogP contribution is 2.64. The zero-order chi connectivity index (χ0) is 20.8. The van der Waals surface area contributed by atoms with E-state index in [0.29, 0.717) is 10.7 Å². The fourth-order valence-electron chi connectivity index (χ4n) is 6.23. The van der Waals surface area contributed by atoms with Crippen LogP contribution in [0.1, 0.15) is 40.7 Å². The summed E-state index contributed by atoms with van der Waals surface area (Å²) < 4.78 is 0. The van der Waals surface area contributed by atoms with Crippen LogP contribution in [0, 0.1) is 18.8 Å². The number of carbonyl (C=O) groups is 2. The maximum absolute atomic E-state index is 13.9. The van der Waals surface area contributed by atoms with Crippen LogP contribution in [0.2, 0.25) is 5.02 Å². The predicted molar refractivity (Wildman–Crippen MR) is 117 cm³/mol. The molecular formula is C26H20ClNO2. The van der Waals surface area contributed by atoms with Crippen molar-refractivity contribution in [2.75, 3.05) is 4.90 Å². The van der Waals surface area contributed by atoms with Gasteiger partial charge in [-0.2, -0.15) is 0 Å². The van der Waals surface area contributed by atoms with Crippen LogP contribution in [0.15, 0.2) is 66.7 Å². The summed E-state index contributed by atoms with van der Waals surface area (Å²) in [5, 5.41) is 0.559. The highest BCUT2D eigenvalue weighted by molar-refractivity contribution is 6.32. The largest absolute Gasteiger partial charge is 0.274 e. The van der Waals surface area contributed by atoms with Gasteiger partial charge in [-0.3, -0.25) is 9.59 Å². The van der Waals surface area contributed by atoms with E-state index in [1.807, 2.05) is 37.3 Å². The van der Waals surface area contributed by atoms with Crippen LogP contribution < -0.4 is 4.90 Å². The second-order valence-electron chi connectivity index (χ2n) is 8.75. The number of hydrogen-bond donors (Lipinski definition) is 0. The predicted octanol–water partition coefficient (Wildman–Crippen LogP) is 5.22. The number of anilines is 1. The van der Waals surface area contributed by atoms with Crippen molar-refractivity contribution in [3.63, 3.8) is 0 Å². The molecule has 0 radical (unpaired) electrons. The number of halogens is 1. The molecule has 0 saturated carbocycles. The van der Waals surface area contributed by atoms with Gasteiger partial charge >= 0.3 is 0 Å². The first kappa shape index (κ1) is 17.9. The Bertz CT molecular complexity index is 1220. The fraction of sp³-hybridized carbons (Fsp3) is 0.231. The molecule has 3 aromatic carbocycles. The van der Waals surface area contributed by atoms with Gasteiger partial charge in [-0.1, -0.05) is 73.1 Å². The van der Waals surface area contributed by atoms with Crippen molar-refractivity contribution < 1.29 is 9.59 Å². The molecule has 3 aromatic rings. The van der Waals surface area contributed by atoms with Crippen LogP contribution in [0.3, 0.4) is 0 Å². The Kier molecular flexibility index (Phi) is 3.48. The minimum atomic E-state index is -0.541. The Labute approximate surface area is 180 Å². The third-order valence-corrected chi connectivity index (χ3v) is 7.93. The van der Waals surface area contributed by atoms with E-state index in [1.165, 1.54) is 27.2 Å². The van der Waals surface area contributed by atoms with Crippen molar-refractivity contribution in [2.24, 2.45) is 11.8 Å². The smallest absolute Gasteiger partial charge is 0.238 e. The van der Waals surface area contributed by atoms with E-state index in [9.17, 15) is 9.59 Å². The third kappa shape index (κ3) is 1.92. The van der Waals surface area contributed by atoms with Gasteiger partial charge in [0.1, 0.15) is 0 Å². The number of imide groups is 1. The standard InChI is InChI=1S/C26H20ClNO2/c1-14-19(27)12-7-13-20(14)28-24(29)22-21-15-8-3-5-10-17(15)26(2,23(22)25(28)30)18-11-6-4-9-16(18)21/h3-13,21-23H,1-2H3/t21?,22-,23-,26?/m1/s1. The van der Waals surface area contributed by atoms with Crippen LogP contribution >= 0.6 is 11.6 Å². The summed E-state index contributed by atoms with van der Waals surface area (Å²) in [4.78, 5) is 29.1. The van der Waals surface area contributed by atoms with Crippen molar-refractivity contribution in [2.45, 2.75) is 25.2 Å². The van der Waals surface area contributed by atoms with Gasteiger partial charge in [0.25, 0.3) is 0 Å². The van der Waals surface area contributed by atoms with E-state index in [1.54, 1.807) is 12.1 Å². The molecule has 0 N–H and O–H groups in total. The third-order valence-electron chi connectivity index (χ3n) is 7.52. The summed E-state index contributed by atoms with van der Waals surface area (Å²) in [5.41, 5.74) is 5.49. The number of nitrogens with zero attached hydrogens (tertiary/aromatic N) is 1. The number of rotatable bonds is 1. The van der Waals surface area contributed by atoms with Crippen LogP contribution in [0.5, 0.6) is 0 Å². The first-order valence-electron chi connectivity index (χ1n) is 10.3. The Morgan fingerprint density at radius 3 is 2.07 bits per heavy atom. The van der Waals surface area contributed by atoms with Gasteiger partial charge in [-0.15, -0.1) is 0 Å². The van der Waals surface area contributed by atoms with Crippen LogP contribution in [-0.2, 0) is 15.0 Å². The number of benzene rings is 3.